The molecule has 5 rings (SSSR count). The number of methoxy groups -OCH3 is 1. The summed E-state index contributed by atoms with van der Waals surface area (Å²) in [7, 11) is 1.87. The van der Waals surface area contributed by atoms with Crippen molar-refractivity contribution in [1.82, 2.24) is 4.90 Å². The molecule has 1 saturated heterocycles. The van der Waals surface area contributed by atoms with Crippen molar-refractivity contribution in [1.29, 1.82) is 0 Å². The highest BCUT2D eigenvalue weighted by Crippen LogP contribution is 2.37. The summed E-state index contributed by atoms with van der Waals surface area (Å²) in [6.07, 6.45) is 7.72. The second-order valence-corrected chi connectivity index (χ2v) is 8.86. The predicted molar refractivity (Wildman–Crippen MR) is 145 cm³/mol. The van der Waals surface area contributed by atoms with Gasteiger partial charge < -0.3 is 20.0 Å². The molecule has 0 unspecified atom stereocenters. The van der Waals surface area contributed by atoms with Crippen LogP contribution in [0.4, 0.5) is 11.4 Å². The Morgan fingerprint density at radius 1 is 0.735 bits per heavy atom. The average molecular weight is 479 g/mol. The fraction of sp³-hybridized carbons (Fsp3) is 0.310. The van der Waals surface area contributed by atoms with E-state index in [9.17, 15) is 0 Å². The van der Waals surface area contributed by atoms with Crippen molar-refractivity contribution < 1.29 is 10.2 Å². The summed E-state index contributed by atoms with van der Waals surface area (Å²) < 4.78 is 6.06. The number of hydrogen-bond acceptors (Lipinski definition) is 3. The summed E-state index contributed by atoms with van der Waals surface area (Å²) in [5.74, 6) is 0. The Labute approximate surface area is 209 Å². The highest BCUT2D eigenvalue weighted by molar-refractivity contribution is 5.88. The lowest BCUT2D eigenvalue weighted by Crippen LogP contribution is -2.44. The number of hydrogen-bond donors (Lipinski definition) is 0. The lowest BCUT2D eigenvalue weighted by atomic mass is 9.84. The van der Waals surface area contributed by atoms with Gasteiger partial charge in [-0.1, -0.05) is 78.9 Å². The van der Waals surface area contributed by atoms with E-state index >= 15 is 0 Å². The number of nitrogens with zero attached hydrogens (tertiary/aromatic N) is 2. The van der Waals surface area contributed by atoms with Crippen LogP contribution in [0.15, 0.2) is 78.9 Å². The molecule has 1 fully saturated rings. The molecule has 3 aromatic rings. The molecule has 0 aliphatic carbocycles. The lowest BCUT2D eigenvalue weighted by molar-refractivity contribution is -0.0623. The fourth-order valence-electron chi connectivity index (χ4n) is 5.24. The number of para-hydroxylation sites is 2. The summed E-state index contributed by atoms with van der Waals surface area (Å²) in [6.45, 7) is 4.29. The molecule has 4 nitrogen and oxygen atoms in total. The minimum Gasteiger partial charge on any atom is -0.412 e. The minimum atomic E-state index is -0.133. The van der Waals surface area contributed by atoms with Gasteiger partial charge in [-0.25, -0.2) is 0 Å². The van der Waals surface area contributed by atoms with Crippen molar-refractivity contribution in [2.24, 2.45) is 0 Å². The Morgan fingerprint density at radius 2 is 1.26 bits per heavy atom. The standard InChI is InChI=1S/C29H32N2O.ClH.H2O/c1-32-29(26-12-3-2-4-13-26)18-22-30(23-19-29)20-9-21-31-27-14-7-5-10-24(27)16-17-25-11-6-8-15-28(25)31;;/h2-8,10-17H,9,18-23H2,1H3;1H;1H2. The van der Waals surface area contributed by atoms with Crippen LogP contribution in [-0.2, 0) is 10.3 Å². The Kier molecular flexibility index (Phi) is 8.92. The zero-order chi connectivity index (χ0) is 21.8. The molecule has 0 saturated carbocycles. The van der Waals surface area contributed by atoms with Gasteiger partial charge in [0.25, 0.3) is 0 Å². The summed E-state index contributed by atoms with van der Waals surface area (Å²) in [5.41, 5.74) is 6.35. The first-order valence-electron chi connectivity index (χ1n) is 11.8. The minimum absolute atomic E-state index is 0. The molecular weight excluding hydrogens is 444 g/mol. The Morgan fingerprint density at radius 3 is 1.82 bits per heavy atom. The molecule has 0 radical (unpaired) electrons. The summed E-state index contributed by atoms with van der Waals surface area (Å²) in [4.78, 5) is 5.10. The molecule has 5 heteroatoms. The van der Waals surface area contributed by atoms with E-state index in [4.69, 9.17) is 4.74 Å². The molecular formula is C29H35ClN2O2. The third-order valence-corrected chi connectivity index (χ3v) is 7.11. The molecule has 0 bridgehead atoms. The molecule has 2 aliphatic heterocycles. The third kappa shape index (κ3) is 5.21. The number of ether oxygens (including phenoxy) is 1. The highest BCUT2D eigenvalue weighted by atomic mass is 35.5. The van der Waals surface area contributed by atoms with Gasteiger partial charge in [-0.15, -0.1) is 12.4 Å². The summed E-state index contributed by atoms with van der Waals surface area (Å²) >= 11 is 0. The monoisotopic (exact) mass is 478 g/mol. The van der Waals surface area contributed by atoms with Crippen molar-refractivity contribution in [2.45, 2.75) is 24.9 Å². The number of anilines is 2. The van der Waals surface area contributed by atoms with Crippen molar-refractivity contribution in [3.8, 4) is 0 Å². The van der Waals surface area contributed by atoms with Gasteiger partial charge >= 0.3 is 0 Å². The molecule has 34 heavy (non-hydrogen) atoms. The molecule has 2 aliphatic rings. The molecule has 180 valence electrons. The normalized spacial score (nSPS) is 16.4. The Bertz CT molecular complexity index is 1030. The van der Waals surface area contributed by atoms with Crippen molar-refractivity contribution in [3.63, 3.8) is 0 Å². The van der Waals surface area contributed by atoms with Crippen LogP contribution in [0, 0.1) is 0 Å². The van der Waals surface area contributed by atoms with Crippen LogP contribution in [0.1, 0.15) is 36.0 Å². The smallest absolute Gasteiger partial charge is 0.0951 e. The van der Waals surface area contributed by atoms with E-state index in [0.717, 1.165) is 45.4 Å². The number of piperidine rings is 1. The van der Waals surface area contributed by atoms with E-state index in [1.165, 1.54) is 28.1 Å². The van der Waals surface area contributed by atoms with E-state index < -0.39 is 0 Å². The van der Waals surface area contributed by atoms with E-state index in [-0.39, 0.29) is 23.5 Å². The van der Waals surface area contributed by atoms with Gasteiger partial charge in [0.15, 0.2) is 0 Å². The first kappa shape index (κ1) is 26.0. The second kappa shape index (κ2) is 11.7. The third-order valence-electron chi connectivity index (χ3n) is 7.11. The topological polar surface area (TPSA) is 47.2 Å². The molecule has 2 heterocycles. The molecule has 2 N–H and O–H groups in total. The van der Waals surface area contributed by atoms with Crippen LogP contribution in [0.3, 0.4) is 0 Å². The van der Waals surface area contributed by atoms with Gasteiger partial charge in [0, 0.05) is 38.1 Å². The molecule has 0 amide bonds. The van der Waals surface area contributed by atoms with E-state index in [2.05, 4.69) is 101 Å². The van der Waals surface area contributed by atoms with Crippen molar-refractivity contribution >= 4 is 35.9 Å². The number of fused-ring (bicyclic) bond motifs is 2. The average Bonchev–Trinajstić information content (AvgIpc) is 3.02. The summed E-state index contributed by atoms with van der Waals surface area (Å²) in [5, 5.41) is 0. The quantitative estimate of drug-likeness (QED) is 0.441. The first-order valence-corrected chi connectivity index (χ1v) is 11.8. The maximum Gasteiger partial charge on any atom is 0.0951 e. The highest BCUT2D eigenvalue weighted by Gasteiger charge is 2.36. The predicted octanol–water partition coefficient (Wildman–Crippen LogP) is 5.93. The molecule has 0 atom stereocenters. The fourth-order valence-corrected chi connectivity index (χ4v) is 5.24. The maximum atomic E-state index is 6.06. The van der Waals surface area contributed by atoms with Crippen LogP contribution >= 0.6 is 12.4 Å². The first-order chi connectivity index (χ1) is 15.8. The van der Waals surface area contributed by atoms with E-state index in [1.807, 2.05) is 7.11 Å². The molecule has 3 aromatic carbocycles. The van der Waals surface area contributed by atoms with Gasteiger partial charge in [-0.2, -0.15) is 0 Å². The van der Waals surface area contributed by atoms with Gasteiger partial charge in [0.1, 0.15) is 0 Å². The summed E-state index contributed by atoms with van der Waals surface area (Å²) in [6, 6.07) is 28.2. The second-order valence-electron chi connectivity index (χ2n) is 8.86. The SMILES string of the molecule is COC1(c2ccccc2)CCN(CCCN2c3ccccc3C=Cc3ccccc32)CC1.Cl.O. The Balaban J connectivity index is 0.00000162. The van der Waals surface area contributed by atoms with Crippen LogP contribution < -0.4 is 4.90 Å². The van der Waals surface area contributed by atoms with Gasteiger partial charge in [0.05, 0.1) is 5.60 Å². The largest absolute Gasteiger partial charge is 0.412 e. The van der Waals surface area contributed by atoms with Crippen LogP contribution in [0.2, 0.25) is 0 Å². The van der Waals surface area contributed by atoms with Crippen LogP contribution in [0.25, 0.3) is 12.2 Å². The zero-order valence-corrected chi connectivity index (χ0v) is 20.6. The van der Waals surface area contributed by atoms with Gasteiger partial charge in [-0.3, -0.25) is 0 Å². The number of likely N-dealkylation sites (tertiary alicyclic amines) is 1. The van der Waals surface area contributed by atoms with E-state index in [0.29, 0.717) is 0 Å². The molecule has 0 aromatic heterocycles. The number of halogens is 1. The van der Waals surface area contributed by atoms with Gasteiger partial charge in [-0.05, 0) is 54.6 Å². The Hall–Kier alpha value is -2.63. The maximum absolute atomic E-state index is 6.06. The van der Waals surface area contributed by atoms with Crippen molar-refractivity contribution in [2.75, 3.05) is 38.2 Å². The zero-order valence-electron chi connectivity index (χ0n) is 19.8. The van der Waals surface area contributed by atoms with Gasteiger partial charge in [0.2, 0.25) is 0 Å². The van der Waals surface area contributed by atoms with Crippen LogP contribution in [-0.4, -0.2) is 43.7 Å². The lowest BCUT2D eigenvalue weighted by Gasteiger charge is -2.41. The van der Waals surface area contributed by atoms with Crippen molar-refractivity contribution in [3.05, 3.63) is 95.6 Å². The number of rotatable bonds is 6. The number of benzene rings is 3. The molecule has 0 spiro atoms. The van der Waals surface area contributed by atoms with Crippen LogP contribution in [0.5, 0.6) is 0 Å². The van der Waals surface area contributed by atoms with E-state index in [1.54, 1.807) is 0 Å².